The van der Waals surface area contributed by atoms with Crippen LogP contribution in [0.1, 0.15) is 18.4 Å². The van der Waals surface area contributed by atoms with Gasteiger partial charge in [-0.2, -0.15) is 5.26 Å². The molecule has 0 saturated carbocycles. The number of para-hydroxylation sites is 1. The van der Waals surface area contributed by atoms with Gasteiger partial charge in [0.05, 0.1) is 28.3 Å². The van der Waals surface area contributed by atoms with Gasteiger partial charge < -0.3 is 4.74 Å². The van der Waals surface area contributed by atoms with Gasteiger partial charge in [-0.3, -0.25) is 0 Å². The highest BCUT2D eigenvalue weighted by Crippen LogP contribution is 2.26. The molecular weight excluding hydrogens is 256 g/mol. The predicted octanol–water partition coefficient (Wildman–Crippen LogP) is 3.38. The summed E-state index contributed by atoms with van der Waals surface area (Å²) in [7, 11) is 0. The molecule has 1 aliphatic heterocycles. The molecule has 0 bridgehead atoms. The third-order valence-electron chi connectivity index (χ3n) is 3.25. The van der Waals surface area contributed by atoms with Crippen LogP contribution in [0.3, 0.4) is 0 Å². The Morgan fingerprint density at radius 1 is 1.42 bits per heavy atom. The number of benzene rings is 1. The van der Waals surface area contributed by atoms with Crippen molar-refractivity contribution in [1.82, 2.24) is 4.98 Å². The standard InChI is InChI=1S/C15H14N2OS/c16-9-11-8-15(19-10-12-4-3-7-18-12)17-14-6-2-1-5-13(11)14/h1-2,5-6,8,12H,3-4,7,10H2. The summed E-state index contributed by atoms with van der Waals surface area (Å²) in [6.07, 6.45) is 2.62. The highest BCUT2D eigenvalue weighted by molar-refractivity contribution is 7.99. The Bertz CT molecular complexity index is 630. The fourth-order valence-electron chi connectivity index (χ4n) is 2.27. The molecule has 96 valence electrons. The second-order valence-corrected chi connectivity index (χ2v) is 5.62. The first-order valence-electron chi connectivity index (χ1n) is 6.41. The van der Waals surface area contributed by atoms with E-state index in [4.69, 9.17) is 4.74 Å². The molecular formula is C15H14N2OS. The Morgan fingerprint density at radius 2 is 2.32 bits per heavy atom. The minimum absolute atomic E-state index is 0.337. The molecule has 0 aliphatic carbocycles. The topological polar surface area (TPSA) is 45.9 Å². The van der Waals surface area contributed by atoms with E-state index in [1.54, 1.807) is 11.8 Å². The molecule has 2 heterocycles. The smallest absolute Gasteiger partial charge is 0.0999 e. The third kappa shape index (κ3) is 2.73. The maximum Gasteiger partial charge on any atom is 0.0999 e. The van der Waals surface area contributed by atoms with Crippen LogP contribution in [0.2, 0.25) is 0 Å². The van der Waals surface area contributed by atoms with Gasteiger partial charge in [0, 0.05) is 17.7 Å². The number of pyridine rings is 1. The molecule has 1 aromatic carbocycles. The highest BCUT2D eigenvalue weighted by atomic mass is 32.2. The van der Waals surface area contributed by atoms with Crippen molar-refractivity contribution in [2.45, 2.75) is 24.0 Å². The molecule has 3 rings (SSSR count). The van der Waals surface area contributed by atoms with Crippen LogP contribution in [-0.2, 0) is 4.74 Å². The fraction of sp³-hybridized carbons (Fsp3) is 0.333. The SMILES string of the molecule is N#Cc1cc(SCC2CCCO2)nc2ccccc12. The lowest BCUT2D eigenvalue weighted by molar-refractivity contribution is 0.129. The van der Waals surface area contributed by atoms with E-state index in [9.17, 15) is 5.26 Å². The Labute approximate surface area is 116 Å². The maximum atomic E-state index is 9.23. The molecule has 1 saturated heterocycles. The second-order valence-electron chi connectivity index (χ2n) is 4.58. The highest BCUT2D eigenvalue weighted by Gasteiger charge is 2.16. The zero-order valence-corrected chi connectivity index (χ0v) is 11.3. The molecule has 1 fully saturated rings. The summed E-state index contributed by atoms with van der Waals surface area (Å²) in [5.74, 6) is 0.913. The quantitative estimate of drug-likeness (QED) is 0.802. The number of aromatic nitrogens is 1. The van der Waals surface area contributed by atoms with Crippen LogP contribution in [0.5, 0.6) is 0 Å². The molecule has 1 aliphatic rings. The molecule has 4 heteroatoms. The van der Waals surface area contributed by atoms with Crippen molar-refractivity contribution in [2.75, 3.05) is 12.4 Å². The minimum Gasteiger partial charge on any atom is -0.377 e. The van der Waals surface area contributed by atoms with Crippen molar-refractivity contribution in [3.63, 3.8) is 0 Å². The Hall–Kier alpha value is -1.57. The minimum atomic E-state index is 0.337. The van der Waals surface area contributed by atoms with Gasteiger partial charge in [0.1, 0.15) is 0 Å². The average molecular weight is 270 g/mol. The van der Waals surface area contributed by atoms with Gasteiger partial charge >= 0.3 is 0 Å². The largest absolute Gasteiger partial charge is 0.377 e. The summed E-state index contributed by atoms with van der Waals surface area (Å²) < 4.78 is 5.61. The number of fused-ring (bicyclic) bond motifs is 1. The zero-order valence-electron chi connectivity index (χ0n) is 10.5. The predicted molar refractivity (Wildman–Crippen MR) is 76.2 cm³/mol. The van der Waals surface area contributed by atoms with Crippen LogP contribution in [0, 0.1) is 11.3 Å². The van der Waals surface area contributed by atoms with Crippen molar-refractivity contribution < 1.29 is 4.74 Å². The normalized spacial score (nSPS) is 18.6. The number of nitrogens with zero attached hydrogens (tertiary/aromatic N) is 2. The summed E-state index contributed by atoms with van der Waals surface area (Å²) >= 11 is 1.67. The molecule has 1 unspecified atom stereocenters. The fourth-order valence-corrected chi connectivity index (χ4v) is 3.26. The van der Waals surface area contributed by atoms with Crippen LogP contribution in [0.15, 0.2) is 35.4 Å². The van der Waals surface area contributed by atoms with Crippen LogP contribution < -0.4 is 0 Å². The maximum absolute atomic E-state index is 9.23. The summed E-state index contributed by atoms with van der Waals surface area (Å²) in [5.41, 5.74) is 1.58. The number of thioether (sulfide) groups is 1. The first-order chi connectivity index (χ1) is 9.36. The monoisotopic (exact) mass is 270 g/mol. The molecule has 0 amide bonds. The lowest BCUT2D eigenvalue weighted by Gasteiger charge is -2.09. The van der Waals surface area contributed by atoms with E-state index in [2.05, 4.69) is 11.1 Å². The van der Waals surface area contributed by atoms with Crippen LogP contribution in [-0.4, -0.2) is 23.4 Å². The van der Waals surface area contributed by atoms with E-state index < -0.39 is 0 Å². The van der Waals surface area contributed by atoms with Crippen molar-refractivity contribution in [1.29, 1.82) is 5.26 Å². The van der Waals surface area contributed by atoms with E-state index in [0.29, 0.717) is 11.7 Å². The van der Waals surface area contributed by atoms with Crippen LogP contribution in [0.4, 0.5) is 0 Å². The van der Waals surface area contributed by atoms with Gasteiger partial charge in [-0.15, -0.1) is 11.8 Å². The van der Waals surface area contributed by atoms with Gasteiger partial charge in [0.25, 0.3) is 0 Å². The van der Waals surface area contributed by atoms with E-state index in [1.165, 1.54) is 0 Å². The molecule has 0 spiro atoms. The summed E-state index contributed by atoms with van der Waals surface area (Å²) in [4.78, 5) is 4.60. The van der Waals surface area contributed by atoms with Crippen molar-refractivity contribution in [3.05, 3.63) is 35.9 Å². The number of ether oxygens (including phenoxy) is 1. The molecule has 0 N–H and O–H groups in total. The summed E-state index contributed by atoms with van der Waals surface area (Å²) in [5, 5.41) is 11.1. The molecule has 19 heavy (non-hydrogen) atoms. The molecule has 0 radical (unpaired) electrons. The van der Waals surface area contributed by atoms with E-state index in [-0.39, 0.29) is 0 Å². The first kappa shape index (κ1) is 12.5. The Balaban J connectivity index is 1.85. The molecule has 2 aromatic rings. The van der Waals surface area contributed by atoms with E-state index in [1.807, 2.05) is 30.3 Å². The third-order valence-corrected chi connectivity index (χ3v) is 4.30. The average Bonchev–Trinajstić information content (AvgIpc) is 2.97. The lowest BCUT2D eigenvalue weighted by atomic mass is 10.1. The van der Waals surface area contributed by atoms with Crippen LogP contribution in [0.25, 0.3) is 10.9 Å². The van der Waals surface area contributed by atoms with Gasteiger partial charge in [-0.25, -0.2) is 4.98 Å². The molecule has 1 atom stereocenters. The number of rotatable bonds is 3. The molecule has 1 aromatic heterocycles. The Kier molecular flexibility index (Phi) is 3.67. The number of hydrogen-bond donors (Lipinski definition) is 0. The lowest BCUT2D eigenvalue weighted by Crippen LogP contribution is -2.07. The van der Waals surface area contributed by atoms with Gasteiger partial charge in [-0.1, -0.05) is 18.2 Å². The van der Waals surface area contributed by atoms with Crippen LogP contribution >= 0.6 is 11.8 Å². The number of hydrogen-bond acceptors (Lipinski definition) is 4. The van der Waals surface area contributed by atoms with E-state index in [0.717, 1.165) is 41.1 Å². The van der Waals surface area contributed by atoms with Crippen molar-refractivity contribution in [3.8, 4) is 6.07 Å². The summed E-state index contributed by atoms with van der Waals surface area (Å²) in [6.45, 7) is 0.875. The van der Waals surface area contributed by atoms with Crippen molar-refractivity contribution in [2.24, 2.45) is 0 Å². The Morgan fingerprint density at radius 3 is 3.11 bits per heavy atom. The van der Waals surface area contributed by atoms with E-state index >= 15 is 0 Å². The van der Waals surface area contributed by atoms with Gasteiger partial charge in [0.2, 0.25) is 0 Å². The number of nitriles is 1. The van der Waals surface area contributed by atoms with Crippen molar-refractivity contribution >= 4 is 22.7 Å². The molecule has 3 nitrogen and oxygen atoms in total. The van der Waals surface area contributed by atoms with Gasteiger partial charge in [0.15, 0.2) is 0 Å². The summed E-state index contributed by atoms with van der Waals surface area (Å²) in [6, 6.07) is 11.9. The first-order valence-corrected chi connectivity index (χ1v) is 7.39. The van der Waals surface area contributed by atoms with Gasteiger partial charge in [-0.05, 0) is 25.0 Å². The zero-order chi connectivity index (χ0) is 13.1. The second kappa shape index (κ2) is 5.60.